The van der Waals surface area contributed by atoms with Crippen molar-refractivity contribution < 1.29 is 9.59 Å². The molecule has 3 heterocycles. The SMILES string of the molecule is CN(Cc1ccccc1)C(=O)c1n[nH]c2c1CN(C(=O)c1cc3ccccc3[nH]1)CC2. The summed E-state index contributed by atoms with van der Waals surface area (Å²) in [4.78, 5) is 32.8. The third-order valence-corrected chi connectivity index (χ3v) is 5.79. The first kappa shape index (κ1) is 19.1. The van der Waals surface area contributed by atoms with Crippen LogP contribution in [0.15, 0.2) is 60.7 Å². The summed E-state index contributed by atoms with van der Waals surface area (Å²) in [5.41, 5.74) is 4.67. The molecule has 0 spiro atoms. The third kappa shape index (κ3) is 3.59. The largest absolute Gasteiger partial charge is 0.351 e. The molecule has 7 heteroatoms. The van der Waals surface area contributed by atoms with Crippen molar-refractivity contribution in [2.45, 2.75) is 19.5 Å². The molecular weight excluding hydrogens is 390 g/mol. The molecule has 4 aromatic rings. The first-order valence-electron chi connectivity index (χ1n) is 10.3. The summed E-state index contributed by atoms with van der Waals surface area (Å²) in [6.07, 6.45) is 0.643. The molecule has 2 amide bonds. The Morgan fingerprint density at radius 2 is 1.87 bits per heavy atom. The van der Waals surface area contributed by atoms with Gasteiger partial charge in [0.2, 0.25) is 0 Å². The smallest absolute Gasteiger partial charge is 0.274 e. The molecule has 0 radical (unpaired) electrons. The lowest BCUT2D eigenvalue weighted by molar-refractivity contribution is 0.0717. The van der Waals surface area contributed by atoms with Gasteiger partial charge in [0.15, 0.2) is 5.69 Å². The summed E-state index contributed by atoms with van der Waals surface area (Å²) in [7, 11) is 1.77. The number of hydrogen-bond donors (Lipinski definition) is 2. The topological polar surface area (TPSA) is 85.1 Å². The minimum absolute atomic E-state index is 0.0703. The van der Waals surface area contributed by atoms with Crippen LogP contribution < -0.4 is 0 Å². The first-order valence-corrected chi connectivity index (χ1v) is 10.3. The number of aromatic amines is 2. The average molecular weight is 413 g/mol. The quantitative estimate of drug-likeness (QED) is 0.538. The molecule has 0 saturated heterocycles. The second kappa shape index (κ2) is 7.75. The second-order valence-corrected chi connectivity index (χ2v) is 7.92. The maximum atomic E-state index is 13.1. The Balaban J connectivity index is 1.35. The van der Waals surface area contributed by atoms with Crippen LogP contribution in [0.4, 0.5) is 0 Å². The Morgan fingerprint density at radius 1 is 1.10 bits per heavy atom. The van der Waals surface area contributed by atoms with Gasteiger partial charge in [0, 0.05) is 48.7 Å². The minimum atomic E-state index is -0.152. The molecule has 0 atom stereocenters. The zero-order chi connectivity index (χ0) is 21.4. The van der Waals surface area contributed by atoms with E-state index >= 15 is 0 Å². The Labute approximate surface area is 179 Å². The van der Waals surface area contributed by atoms with Crippen molar-refractivity contribution in [2.75, 3.05) is 13.6 Å². The van der Waals surface area contributed by atoms with E-state index in [1.807, 2.05) is 60.7 Å². The Morgan fingerprint density at radius 3 is 2.68 bits per heavy atom. The molecule has 0 fully saturated rings. The van der Waals surface area contributed by atoms with E-state index in [1.54, 1.807) is 16.8 Å². The Hall–Kier alpha value is -3.87. The van der Waals surface area contributed by atoms with Gasteiger partial charge in [0.05, 0.1) is 6.54 Å². The van der Waals surface area contributed by atoms with Crippen LogP contribution in [-0.2, 0) is 19.5 Å². The lowest BCUT2D eigenvalue weighted by atomic mass is 10.0. The lowest BCUT2D eigenvalue weighted by Crippen LogP contribution is -2.37. The maximum absolute atomic E-state index is 13.1. The normalized spacial score (nSPS) is 13.3. The zero-order valence-electron chi connectivity index (χ0n) is 17.3. The van der Waals surface area contributed by atoms with Crippen LogP contribution in [0.3, 0.4) is 0 Å². The van der Waals surface area contributed by atoms with Crippen LogP contribution in [0.5, 0.6) is 0 Å². The fourth-order valence-corrected chi connectivity index (χ4v) is 4.11. The molecule has 1 aliphatic rings. The fourth-order valence-electron chi connectivity index (χ4n) is 4.11. The van der Waals surface area contributed by atoms with Crippen LogP contribution in [0, 0.1) is 0 Å². The van der Waals surface area contributed by atoms with Crippen LogP contribution >= 0.6 is 0 Å². The van der Waals surface area contributed by atoms with E-state index in [1.165, 1.54) is 0 Å². The molecule has 7 nitrogen and oxygen atoms in total. The van der Waals surface area contributed by atoms with E-state index in [-0.39, 0.29) is 11.8 Å². The Kier molecular flexibility index (Phi) is 4.78. The van der Waals surface area contributed by atoms with Gasteiger partial charge in [-0.3, -0.25) is 14.7 Å². The highest BCUT2D eigenvalue weighted by Gasteiger charge is 2.30. The number of hydrogen-bond acceptors (Lipinski definition) is 3. The van der Waals surface area contributed by atoms with Crippen molar-refractivity contribution in [3.05, 3.63) is 88.9 Å². The van der Waals surface area contributed by atoms with Gasteiger partial charge in [-0.1, -0.05) is 48.5 Å². The summed E-state index contributed by atoms with van der Waals surface area (Å²) in [5, 5.41) is 8.31. The van der Waals surface area contributed by atoms with Gasteiger partial charge in [-0.2, -0.15) is 5.10 Å². The molecule has 0 unspecified atom stereocenters. The van der Waals surface area contributed by atoms with Gasteiger partial charge in [-0.25, -0.2) is 0 Å². The van der Waals surface area contributed by atoms with E-state index in [0.29, 0.717) is 37.4 Å². The van der Waals surface area contributed by atoms with Gasteiger partial charge in [0.1, 0.15) is 5.69 Å². The van der Waals surface area contributed by atoms with Crippen molar-refractivity contribution in [2.24, 2.45) is 0 Å². The van der Waals surface area contributed by atoms with Crippen LogP contribution in [0.2, 0.25) is 0 Å². The number of aromatic nitrogens is 3. The monoisotopic (exact) mass is 413 g/mol. The standard InChI is InChI=1S/C24H23N5O2/c1-28(14-16-7-3-2-4-8-16)24(31)22-18-15-29(12-11-20(18)26-27-22)23(30)21-13-17-9-5-6-10-19(17)25-21/h2-10,13,25H,11-12,14-15H2,1H3,(H,26,27). The lowest BCUT2D eigenvalue weighted by Gasteiger charge is -2.27. The predicted molar refractivity (Wildman–Crippen MR) is 118 cm³/mol. The molecule has 0 aliphatic carbocycles. The third-order valence-electron chi connectivity index (χ3n) is 5.79. The molecule has 31 heavy (non-hydrogen) atoms. The highest BCUT2D eigenvalue weighted by Crippen LogP contribution is 2.24. The Bertz CT molecular complexity index is 1220. The number of H-pyrrole nitrogens is 2. The maximum Gasteiger partial charge on any atom is 0.274 e. The van der Waals surface area contributed by atoms with Crippen LogP contribution in [-0.4, -0.2) is 50.4 Å². The summed E-state index contributed by atoms with van der Waals surface area (Å²) < 4.78 is 0. The molecular formula is C24H23N5O2. The molecule has 0 saturated carbocycles. The molecule has 0 bridgehead atoms. The number of amides is 2. The summed E-state index contributed by atoms with van der Waals surface area (Å²) in [6, 6.07) is 19.5. The van der Waals surface area contributed by atoms with Gasteiger partial charge < -0.3 is 14.8 Å². The number of rotatable bonds is 4. The molecule has 1 aliphatic heterocycles. The zero-order valence-corrected chi connectivity index (χ0v) is 17.3. The molecule has 156 valence electrons. The highest BCUT2D eigenvalue weighted by molar-refractivity contribution is 5.98. The average Bonchev–Trinajstić information content (AvgIpc) is 3.42. The molecule has 2 aromatic carbocycles. The molecule has 2 aromatic heterocycles. The van der Waals surface area contributed by atoms with E-state index in [4.69, 9.17) is 0 Å². The second-order valence-electron chi connectivity index (χ2n) is 7.92. The number of nitrogens with one attached hydrogen (secondary N) is 2. The van der Waals surface area contributed by atoms with Crippen molar-refractivity contribution in [3.8, 4) is 0 Å². The first-order chi connectivity index (χ1) is 15.1. The van der Waals surface area contributed by atoms with Crippen molar-refractivity contribution in [1.82, 2.24) is 25.0 Å². The van der Waals surface area contributed by atoms with Crippen LogP contribution in [0.25, 0.3) is 10.9 Å². The minimum Gasteiger partial charge on any atom is -0.351 e. The molecule has 5 rings (SSSR count). The van der Waals surface area contributed by atoms with Gasteiger partial charge in [-0.15, -0.1) is 0 Å². The number of nitrogens with zero attached hydrogens (tertiary/aromatic N) is 3. The fraction of sp³-hybridized carbons (Fsp3) is 0.208. The van der Waals surface area contributed by atoms with E-state index in [0.717, 1.165) is 27.7 Å². The highest BCUT2D eigenvalue weighted by atomic mass is 16.2. The van der Waals surface area contributed by atoms with Crippen molar-refractivity contribution >= 4 is 22.7 Å². The summed E-state index contributed by atoms with van der Waals surface area (Å²) in [6.45, 7) is 1.44. The number of benzene rings is 2. The van der Waals surface area contributed by atoms with Gasteiger partial charge in [0.25, 0.3) is 11.8 Å². The van der Waals surface area contributed by atoms with Gasteiger partial charge >= 0.3 is 0 Å². The summed E-state index contributed by atoms with van der Waals surface area (Å²) in [5.74, 6) is -0.222. The molecule has 2 N–H and O–H groups in total. The predicted octanol–water partition coefficient (Wildman–Crippen LogP) is 3.36. The van der Waals surface area contributed by atoms with Crippen LogP contribution in [0.1, 0.15) is 37.8 Å². The van der Waals surface area contributed by atoms with Crippen molar-refractivity contribution in [3.63, 3.8) is 0 Å². The van der Waals surface area contributed by atoms with Gasteiger partial charge in [-0.05, 0) is 17.7 Å². The van der Waals surface area contributed by atoms with E-state index in [2.05, 4.69) is 15.2 Å². The summed E-state index contributed by atoms with van der Waals surface area (Å²) >= 11 is 0. The number of para-hydroxylation sites is 1. The van der Waals surface area contributed by atoms with E-state index in [9.17, 15) is 9.59 Å². The van der Waals surface area contributed by atoms with E-state index < -0.39 is 0 Å². The van der Waals surface area contributed by atoms with Crippen molar-refractivity contribution in [1.29, 1.82) is 0 Å². The number of carbonyl (C=O) groups excluding carboxylic acids is 2. The number of fused-ring (bicyclic) bond motifs is 2. The number of carbonyl (C=O) groups is 2.